The molecule has 0 spiro atoms. The summed E-state index contributed by atoms with van der Waals surface area (Å²) in [6.45, 7) is 4.37. The average molecular weight is 218 g/mol. The molecule has 1 aliphatic carbocycles. The highest BCUT2D eigenvalue weighted by Gasteiger charge is 2.26. The van der Waals surface area contributed by atoms with Gasteiger partial charge in [-0.15, -0.1) is 0 Å². The van der Waals surface area contributed by atoms with Gasteiger partial charge >= 0.3 is 0 Å². The Morgan fingerprint density at radius 1 is 1.25 bits per heavy atom. The summed E-state index contributed by atoms with van der Waals surface area (Å²) in [5.74, 6) is 6.47. The van der Waals surface area contributed by atoms with Crippen molar-refractivity contribution in [1.82, 2.24) is 5.43 Å². The lowest BCUT2D eigenvalue weighted by molar-refractivity contribution is 0.372. The fourth-order valence-corrected chi connectivity index (χ4v) is 2.88. The molecule has 1 saturated carbocycles. The van der Waals surface area contributed by atoms with Gasteiger partial charge in [0.25, 0.3) is 0 Å². The van der Waals surface area contributed by atoms with Crippen molar-refractivity contribution in [3.63, 3.8) is 0 Å². The number of nitrogens with one attached hydrogen (secondary N) is 1. The van der Waals surface area contributed by atoms with Crippen LogP contribution >= 0.6 is 0 Å². The van der Waals surface area contributed by atoms with Crippen molar-refractivity contribution in [3.8, 4) is 0 Å². The molecular formula is C14H22N2. The van der Waals surface area contributed by atoms with Gasteiger partial charge in [0.15, 0.2) is 0 Å². The van der Waals surface area contributed by atoms with Gasteiger partial charge in [0.2, 0.25) is 0 Å². The Labute approximate surface area is 98.2 Å². The van der Waals surface area contributed by atoms with Gasteiger partial charge in [0.1, 0.15) is 0 Å². The molecule has 1 atom stereocenters. The van der Waals surface area contributed by atoms with E-state index in [-0.39, 0.29) is 0 Å². The van der Waals surface area contributed by atoms with E-state index in [2.05, 4.69) is 37.5 Å². The Hall–Kier alpha value is -0.860. The monoisotopic (exact) mass is 218 g/mol. The molecule has 0 amide bonds. The molecule has 0 aromatic heterocycles. The lowest BCUT2D eigenvalue weighted by Gasteiger charge is -2.25. The molecule has 0 heterocycles. The maximum absolute atomic E-state index is 5.75. The van der Waals surface area contributed by atoms with Gasteiger partial charge in [-0.25, -0.2) is 0 Å². The Morgan fingerprint density at radius 3 is 2.56 bits per heavy atom. The summed E-state index contributed by atoms with van der Waals surface area (Å²) in [5.41, 5.74) is 7.16. The van der Waals surface area contributed by atoms with Gasteiger partial charge in [0.05, 0.1) is 0 Å². The van der Waals surface area contributed by atoms with Crippen LogP contribution in [0.5, 0.6) is 0 Å². The zero-order valence-electron chi connectivity index (χ0n) is 10.3. The smallest absolute Gasteiger partial charge is 0.0490 e. The lowest BCUT2D eigenvalue weighted by Crippen LogP contribution is -2.33. The molecule has 88 valence electrons. The summed E-state index contributed by atoms with van der Waals surface area (Å²) in [7, 11) is 0. The maximum atomic E-state index is 5.75. The predicted octanol–water partition coefficient (Wildman–Crippen LogP) is 3.00. The number of rotatable bonds is 3. The first-order valence-electron chi connectivity index (χ1n) is 6.26. The van der Waals surface area contributed by atoms with E-state index >= 15 is 0 Å². The van der Waals surface area contributed by atoms with E-state index in [4.69, 9.17) is 5.84 Å². The standard InChI is InChI=1S/C14H22N2/c1-10-6-5-9-13(11(10)2)14(16-15)12-7-3-4-8-12/h5-6,9,12,14,16H,3-4,7-8,15H2,1-2H3. The summed E-state index contributed by atoms with van der Waals surface area (Å²) < 4.78 is 0. The van der Waals surface area contributed by atoms with E-state index in [9.17, 15) is 0 Å². The van der Waals surface area contributed by atoms with Crippen molar-refractivity contribution < 1.29 is 0 Å². The topological polar surface area (TPSA) is 38.0 Å². The Morgan fingerprint density at radius 2 is 1.94 bits per heavy atom. The van der Waals surface area contributed by atoms with Crippen LogP contribution in [-0.4, -0.2) is 0 Å². The van der Waals surface area contributed by atoms with Crippen molar-refractivity contribution in [1.29, 1.82) is 0 Å². The summed E-state index contributed by atoms with van der Waals surface area (Å²) >= 11 is 0. The van der Waals surface area contributed by atoms with Crippen LogP contribution in [0.15, 0.2) is 18.2 Å². The van der Waals surface area contributed by atoms with Crippen LogP contribution in [0.4, 0.5) is 0 Å². The molecule has 2 nitrogen and oxygen atoms in total. The summed E-state index contributed by atoms with van der Waals surface area (Å²) in [6.07, 6.45) is 5.33. The van der Waals surface area contributed by atoms with E-state index in [0.717, 1.165) is 0 Å². The Balaban J connectivity index is 2.28. The van der Waals surface area contributed by atoms with Crippen LogP contribution in [0.2, 0.25) is 0 Å². The quantitative estimate of drug-likeness (QED) is 0.604. The minimum atomic E-state index is 0.336. The molecule has 1 aliphatic rings. The second-order valence-electron chi connectivity index (χ2n) is 4.98. The van der Waals surface area contributed by atoms with Crippen LogP contribution in [0.3, 0.4) is 0 Å². The molecule has 0 bridgehead atoms. The number of hydrazine groups is 1. The van der Waals surface area contributed by atoms with Gasteiger partial charge in [-0.2, -0.15) is 0 Å². The van der Waals surface area contributed by atoms with Crippen molar-refractivity contribution >= 4 is 0 Å². The van der Waals surface area contributed by atoms with E-state index in [0.29, 0.717) is 12.0 Å². The largest absolute Gasteiger partial charge is 0.271 e. The molecule has 3 N–H and O–H groups in total. The fourth-order valence-electron chi connectivity index (χ4n) is 2.88. The number of benzene rings is 1. The highest BCUT2D eigenvalue weighted by molar-refractivity contribution is 5.35. The van der Waals surface area contributed by atoms with Crippen LogP contribution in [0, 0.1) is 19.8 Å². The minimum absolute atomic E-state index is 0.336. The first kappa shape index (κ1) is 11.6. The summed E-state index contributed by atoms with van der Waals surface area (Å²) in [5, 5.41) is 0. The fraction of sp³-hybridized carbons (Fsp3) is 0.571. The molecule has 16 heavy (non-hydrogen) atoms. The van der Waals surface area contributed by atoms with E-state index in [1.165, 1.54) is 42.4 Å². The average Bonchev–Trinajstić information content (AvgIpc) is 2.79. The van der Waals surface area contributed by atoms with Gasteiger partial charge in [0, 0.05) is 6.04 Å². The normalized spacial score (nSPS) is 18.9. The molecule has 0 aliphatic heterocycles. The maximum Gasteiger partial charge on any atom is 0.0490 e. The number of hydrogen-bond acceptors (Lipinski definition) is 2. The van der Waals surface area contributed by atoms with Crippen LogP contribution in [0.1, 0.15) is 48.4 Å². The molecule has 0 saturated heterocycles. The number of hydrogen-bond donors (Lipinski definition) is 2. The predicted molar refractivity (Wildman–Crippen MR) is 67.9 cm³/mol. The third-order valence-electron chi connectivity index (χ3n) is 4.03. The second kappa shape index (κ2) is 4.98. The summed E-state index contributed by atoms with van der Waals surface area (Å²) in [4.78, 5) is 0. The van der Waals surface area contributed by atoms with Crippen molar-refractivity contribution in [2.24, 2.45) is 11.8 Å². The Bertz CT molecular complexity index is 354. The molecule has 0 radical (unpaired) electrons. The molecule has 2 rings (SSSR count). The molecule has 1 unspecified atom stereocenters. The van der Waals surface area contributed by atoms with Crippen molar-refractivity contribution in [3.05, 3.63) is 34.9 Å². The van der Waals surface area contributed by atoms with Gasteiger partial charge in [-0.3, -0.25) is 11.3 Å². The molecule has 1 aromatic carbocycles. The highest BCUT2D eigenvalue weighted by Crippen LogP contribution is 2.36. The molecule has 1 fully saturated rings. The lowest BCUT2D eigenvalue weighted by atomic mass is 9.88. The first-order valence-corrected chi connectivity index (χ1v) is 6.26. The second-order valence-corrected chi connectivity index (χ2v) is 4.98. The molecular weight excluding hydrogens is 196 g/mol. The van der Waals surface area contributed by atoms with E-state index in [1.807, 2.05) is 0 Å². The SMILES string of the molecule is Cc1cccc(C(NN)C2CCCC2)c1C. The van der Waals surface area contributed by atoms with Gasteiger partial charge in [-0.05, 0) is 49.3 Å². The molecule has 2 heteroatoms. The van der Waals surface area contributed by atoms with Crippen molar-refractivity contribution in [2.75, 3.05) is 0 Å². The zero-order chi connectivity index (χ0) is 11.5. The van der Waals surface area contributed by atoms with Gasteiger partial charge < -0.3 is 0 Å². The van der Waals surface area contributed by atoms with Crippen molar-refractivity contribution in [2.45, 2.75) is 45.6 Å². The Kier molecular flexibility index (Phi) is 3.62. The van der Waals surface area contributed by atoms with Crippen LogP contribution < -0.4 is 11.3 Å². The highest BCUT2D eigenvalue weighted by atomic mass is 15.2. The molecule has 1 aromatic rings. The van der Waals surface area contributed by atoms with E-state index < -0.39 is 0 Å². The third-order valence-corrected chi connectivity index (χ3v) is 4.03. The minimum Gasteiger partial charge on any atom is -0.271 e. The summed E-state index contributed by atoms with van der Waals surface area (Å²) in [6, 6.07) is 6.85. The third kappa shape index (κ3) is 2.13. The van der Waals surface area contributed by atoms with Gasteiger partial charge in [-0.1, -0.05) is 31.0 Å². The number of aryl methyl sites for hydroxylation is 1. The number of nitrogens with two attached hydrogens (primary N) is 1. The van der Waals surface area contributed by atoms with E-state index in [1.54, 1.807) is 0 Å². The zero-order valence-corrected chi connectivity index (χ0v) is 10.3. The first-order chi connectivity index (χ1) is 7.74. The van der Waals surface area contributed by atoms with Crippen LogP contribution in [0.25, 0.3) is 0 Å². The van der Waals surface area contributed by atoms with Crippen LogP contribution in [-0.2, 0) is 0 Å².